The number of nitrogens with one attached hydrogen (secondary N) is 2. The van der Waals surface area contributed by atoms with Gasteiger partial charge in [0.25, 0.3) is 5.91 Å². The number of benzene rings is 3. The monoisotopic (exact) mass is 444 g/mol. The van der Waals surface area contributed by atoms with Crippen molar-refractivity contribution in [1.29, 1.82) is 0 Å². The molecular weight excluding hydrogens is 412 g/mol. The molecule has 0 radical (unpaired) electrons. The molecule has 0 aromatic heterocycles. The Hall–Kier alpha value is -3.15. The molecule has 1 heterocycles. The lowest BCUT2D eigenvalue weighted by Crippen LogP contribution is -2.36. The second kappa shape index (κ2) is 11.1. The molecule has 1 aliphatic heterocycles. The molecule has 0 saturated carbocycles. The van der Waals surface area contributed by atoms with Gasteiger partial charge in [0.05, 0.1) is 0 Å². The fraction of sp³-hybridized carbons (Fsp3) is 0.321. The quantitative estimate of drug-likeness (QED) is 0.474. The number of aryl methyl sites for hydroxylation is 1. The zero-order valence-electron chi connectivity index (χ0n) is 19.3. The lowest BCUT2D eigenvalue weighted by molar-refractivity contribution is 0.0530. The first-order valence-electron chi connectivity index (χ1n) is 11.6. The summed E-state index contributed by atoms with van der Waals surface area (Å²) in [5.74, 6) is 0.871. The largest absolute Gasteiger partial charge is 0.492 e. The van der Waals surface area contributed by atoms with E-state index in [0.29, 0.717) is 18.2 Å². The van der Waals surface area contributed by atoms with Crippen LogP contribution >= 0.6 is 0 Å². The van der Waals surface area contributed by atoms with Crippen LogP contribution in [0, 0.1) is 0 Å². The van der Waals surface area contributed by atoms with Crippen molar-refractivity contribution in [3.05, 3.63) is 89.5 Å². The number of hydrogen-bond donors (Lipinski definition) is 2. The molecule has 0 bridgehead atoms. The van der Waals surface area contributed by atoms with Crippen LogP contribution in [0.4, 0.5) is 0 Å². The molecule has 5 heteroatoms. The van der Waals surface area contributed by atoms with E-state index in [4.69, 9.17) is 9.47 Å². The fourth-order valence-electron chi connectivity index (χ4n) is 4.20. The average Bonchev–Trinajstić information content (AvgIpc) is 2.88. The number of amides is 1. The molecular formula is C28H32N2O3. The van der Waals surface area contributed by atoms with Gasteiger partial charge in [0.2, 0.25) is 0 Å². The Morgan fingerprint density at radius 3 is 2.55 bits per heavy atom. The van der Waals surface area contributed by atoms with Crippen LogP contribution in [-0.2, 0) is 17.6 Å². The molecule has 5 nitrogen and oxygen atoms in total. The van der Waals surface area contributed by atoms with Crippen LogP contribution in [0.15, 0.2) is 72.8 Å². The standard InChI is InChI=1S/C28H32N2O3/c1-29-25-18-24-17-20(11-16-26(24)33-19-25)7-6-10-27(32-2)30-28(31)23-14-12-22(13-15-23)21-8-4-3-5-9-21/h3-5,8-9,11-17,25,27,29H,6-7,10,18-19H2,1-2H3,(H,30,31)/t25-,27?/m0/s1. The first kappa shape index (κ1) is 23.0. The van der Waals surface area contributed by atoms with Crippen molar-refractivity contribution in [3.8, 4) is 16.9 Å². The van der Waals surface area contributed by atoms with Crippen molar-refractivity contribution in [2.45, 2.75) is 38.0 Å². The predicted molar refractivity (Wildman–Crippen MR) is 132 cm³/mol. The lowest BCUT2D eigenvalue weighted by atomic mass is 9.98. The van der Waals surface area contributed by atoms with E-state index in [-0.39, 0.29) is 12.1 Å². The highest BCUT2D eigenvalue weighted by atomic mass is 16.5. The number of rotatable bonds is 9. The minimum absolute atomic E-state index is 0.120. The third kappa shape index (κ3) is 6.01. The van der Waals surface area contributed by atoms with Crippen LogP contribution in [0.5, 0.6) is 5.75 Å². The molecule has 1 unspecified atom stereocenters. The first-order valence-corrected chi connectivity index (χ1v) is 11.6. The van der Waals surface area contributed by atoms with E-state index in [2.05, 4.69) is 41.0 Å². The van der Waals surface area contributed by atoms with Crippen LogP contribution in [0.25, 0.3) is 11.1 Å². The number of carbonyl (C=O) groups is 1. The number of hydrogen-bond acceptors (Lipinski definition) is 4. The molecule has 0 fully saturated rings. The van der Waals surface area contributed by atoms with Gasteiger partial charge in [0.15, 0.2) is 0 Å². The van der Waals surface area contributed by atoms with Gasteiger partial charge in [-0.1, -0.05) is 54.6 Å². The van der Waals surface area contributed by atoms with Crippen molar-refractivity contribution in [3.63, 3.8) is 0 Å². The number of methoxy groups -OCH3 is 1. The van der Waals surface area contributed by atoms with Gasteiger partial charge in [-0.2, -0.15) is 0 Å². The van der Waals surface area contributed by atoms with Crippen LogP contribution in [0.1, 0.15) is 34.3 Å². The van der Waals surface area contributed by atoms with Gasteiger partial charge in [-0.15, -0.1) is 0 Å². The van der Waals surface area contributed by atoms with Crippen molar-refractivity contribution < 1.29 is 14.3 Å². The van der Waals surface area contributed by atoms with E-state index in [1.54, 1.807) is 7.11 Å². The van der Waals surface area contributed by atoms with Gasteiger partial charge in [-0.25, -0.2) is 0 Å². The van der Waals surface area contributed by atoms with Gasteiger partial charge in [-0.05, 0) is 73.2 Å². The highest BCUT2D eigenvalue weighted by Crippen LogP contribution is 2.26. The zero-order valence-corrected chi connectivity index (χ0v) is 19.3. The summed E-state index contributed by atoms with van der Waals surface area (Å²) in [6.45, 7) is 0.715. The SMILES string of the molecule is CN[C@@H]1COc2ccc(CCCC(NC(=O)c3ccc(-c4ccccc4)cc3)OC)cc2C1. The Morgan fingerprint density at radius 1 is 1.06 bits per heavy atom. The zero-order chi connectivity index (χ0) is 23.0. The molecule has 1 aliphatic rings. The summed E-state index contributed by atoms with van der Waals surface area (Å²) in [5.41, 5.74) is 5.40. The molecule has 2 atom stereocenters. The Morgan fingerprint density at radius 2 is 1.82 bits per heavy atom. The normalized spacial score (nSPS) is 15.9. The van der Waals surface area contributed by atoms with Crippen molar-refractivity contribution in [2.24, 2.45) is 0 Å². The summed E-state index contributed by atoms with van der Waals surface area (Å²) in [7, 11) is 3.61. The van der Waals surface area contributed by atoms with E-state index >= 15 is 0 Å². The van der Waals surface area contributed by atoms with E-state index < -0.39 is 0 Å². The summed E-state index contributed by atoms with van der Waals surface area (Å²) >= 11 is 0. The smallest absolute Gasteiger partial charge is 0.253 e. The van der Waals surface area contributed by atoms with Gasteiger partial charge >= 0.3 is 0 Å². The second-order valence-corrected chi connectivity index (χ2v) is 8.48. The minimum Gasteiger partial charge on any atom is -0.492 e. The summed E-state index contributed by atoms with van der Waals surface area (Å²) in [6, 6.07) is 24.6. The predicted octanol–water partition coefficient (Wildman–Crippen LogP) is 4.60. The third-order valence-electron chi connectivity index (χ3n) is 6.20. The maximum atomic E-state index is 12.7. The molecule has 1 amide bonds. The molecule has 0 aliphatic carbocycles. The molecule has 3 aromatic carbocycles. The number of fused-ring (bicyclic) bond motifs is 1. The Kier molecular flexibility index (Phi) is 7.76. The number of carbonyl (C=O) groups excluding carboxylic acids is 1. The molecule has 4 rings (SSSR count). The van der Waals surface area contributed by atoms with Gasteiger partial charge in [-0.3, -0.25) is 4.79 Å². The Balaban J connectivity index is 1.28. The molecule has 0 saturated heterocycles. The highest BCUT2D eigenvalue weighted by Gasteiger charge is 2.19. The summed E-state index contributed by atoms with van der Waals surface area (Å²) in [6.07, 6.45) is 3.26. The molecule has 2 N–H and O–H groups in total. The van der Waals surface area contributed by atoms with Crippen LogP contribution in [0.2, 0.25) is 0 Å². The average molecular weight is 445 g/mol. The summed E-state index contributed by atoms with van der Waals surface area (Å²) in [4.78, 5) is 12.7. The van der Waals surface area contributed by atoms with Crippen molar-refractivity contribution in [2.75, 3.05) is 20.8 Å². The van der Waals surface area contributed by atoms with Crippen LogP contribution < -0.4 is 15.4 Å². The van der Waals surface area contributed by atoms with E-state index in [9.17, 15) is 4.79 Å². The number of likely N-dealkylation sites (N-methyl/N-ethyl adjacent to an activating group) is 1. The van der Waals surface area contributed by atoms with Crippen molar-refractivity contribution in [1.82, 2.24) is 10.6 Å². The third-order valence-corrected chi connectivity index (χ3v) is 6.20. The van der Waals surface area contributed by atoms with E-state index in [1.807, 2.05) is 49.5 Å². The fourth-order valence-corrected chi connectivity index (χ4v) is 4.20. The van der Waals surface area contributed by atoms with E-state index in [1.165, 1.54) is 11.1 Å². The summed E-state index contributed by atoms with van der Waals surface area (Å²) < 4.78 is 11.4. The van der Waals surface area contributed by atoms with E-state index in [0.717, 1.165) is 42.6 Å². The summed E-state index contributed by atoms with van der Waals surface area (Å²) in [5, 5.41) is 6.29. The van der Waals surface area contributed by atoms with Gasteiger partial charge < -0.3 is 20.1 Å². The minimum atomic E-state index is -0.319. The Bertz CT molecular complexity index is 1050. The Labute approximate surface area is 196 Å². The highest BCUT2D eigenvalue weighted by molar-refractivity contribution is 5.94. The first-order chi connectivity index (χ1) is 16.2. The number of ether oxygens (including phenoxy) is 2. The topological polar surface area (TPSA) is 59.6 Å². The van der Waals surface area contributed by atoms with Crippen molar-refractivity contribution >= 4 is 5.91 Å². The van der Waals surface area contributed by atoms with Gasteiger partial charge in [0, 0.05) is 18.7 Å². The second-order valence-electron chi connectivity index (χ2n) is 8.48. The maximum absolute atomic E-state index is 12.7. The van der Waals surface area contributed by atoms with Gasteiger partial charge in [0.1, 0.15) is 18.6 Å². The van der Waals surface area contributed by atoms with Crippen LogP contribution in [0.3, 0.4) is 0 Å². The maximum Gasteiger partial charge on any atom is 0.253 e. The molecule has 0 spiro atoms. The van der Waals surface area contributed by atoms with Crippen LogP contribution in [-0.4, -0.2) is 38.9 Å². The molecule has 172 valence electrons. The lowest BCUT2D eigenvalue weighted by Gasteiger charge is -2.25. The molecule has 3 aromatic rings. The molecule has 33 heavy (non-hydrogen) atoms.